The van der Waals surface area contributed by atoms with Gasteiger partial charge >= 0.3 is 0 Å². The topological polar surface area (TPSA) is 42.0 Å². The van der Waals surface area contributed by atoms with Crippen molar-refractivity contribution in [2.45, 2.75) is 17.6 Å². The summed E-state index contributed by atoms with van der Waals surface area (Å²) in [6.07, 6.45) is 0. The number of nitrogens with zero attached hydrogens (tertiary/aromatic N) is 1. The predicted octanol–water partition coefficient (Wildman–Crippen LogP) is 5.11. The third-order valence-electron chi connectivity index (χ3n) is 3.50. The van der Waals surface area contributed by atoms with Crippen LogP contribution in [0.5, 0.6) is 0 Å². The van der Waals surface area contributed by atoms with Crippen molar-refractivity contribution in [1.82, 2.24) is 4.98 Å². The Labute approximate surface area is 142 Å². The first kappa shape index (κ1) is 16.4. The number of fused-ring (bicyclic) bond motifs is 1. The third-order valence-corrected chi connectivity index (χ3v) is 4.22. The molecule has 3 aromatic rings. The van der Waals surface area contributed by atoms with Gasteiger partial charge in [0.2, 0.25) is 0 Å². The molecular weight excluding hydrogens is 330 g/mol. The van der Waals surface area contributed by atoms with E-state index in [4.69, 9.17) is 0 Å². The number of hydrogen-bond donors (Lipinski definition) is 1. The van der Waals surface area contributed by atoms with Gasteiger partial charge in [-0.2, -0.15) is 8.78 Å². The molecule has 1 aromatic heterocycles. The van der Waals surface area contributed by atoms with Gasteiger partial charge in [-0.15, -0.1) is 0 Å². The molecule has 0 aliphatic carbocycles. The molecule has 0 fully saturated rings. The normalized spacial score (nSPS) is 11.0. The SMILES string of the molecule is Cc1nc2ccccc2cc1C(=O)Nc1ccc(SC(F)F)cc1. The van der Waals surface area contributed by atoms with E-state index >= 15 is 0 Å². The monoisotopic (exact) mass is 344 g/mol. The molecule has 0 aliphatic rings. The number of aryl methyl sites for hydroxylation is 1. The number of carbonyl (C=O) groups is 1. The fourth-order valence-corrected chi connectivity index (χ4v) is 2.86. The second-order valence-electron chi connectivity index (χ2n) is 5.17. The highest BCUT2D eigenvalue weighted by Crippen LogP contribution is 2.26. The molecule has 0 atom stereocenters. The maximum absolute atomic E-state index is 12.5. The van der Waals surface area contributed by atoms with Crippen LogP contribution in [0.3, 0.4) is 0 Å². The highest BCUT2D eigenvalue weighted by molar-refractivity contribution is 7.99. The summed E-state index contributed by atoms with van der Waals surface area (Å²) in [5.41, 5.74) is 2.50. The van der Waals surface area contributed by atoms with Crippen molar-refractivity contribution in [2.75, 3.05) is 5.32 Å². The van der Waals surface area contributed by atoms with Crippen molar-refractivity contribution in [3.8, 4) is 0 Å². The molecule has 6 heteroatoms. The summed E-state index contributed by atoms with van der Waals surface area (Å²) in [7, 11) is 0. The Morgan fingerprint density at radius 1 is 1.12 bits per heavy atom. The number of benzene rings is 2. The highest BCUT2D eigenvalue weighted by Gasteiger charge is 2.12. The molecule has 1 N–H and O–H groups in total. The quantitative estimate of drug-likeness (QED) is 0.669. The minimum atomic E-state index is -2.46. The number of amides is 1. The lowest BCUT2D eigenvalue weighted by Crippen LogP contribution is -2.14. The first-order valence-electron chi connectivity index (χ1n) is 7.25. The lowest BCUT2D eigenvalue weighted by Gasteiger charge is -2.09. The van der Waals surface area contributed by atoms with Crippen molar-refractivity contribution in [3.63, 3.8) is 0 Å². The first-order valence-corrected chi connectivity index (χ1v) is 8.13. The van der Waals surface area contributed by atoms with Crippen molar-refractivity contribution in [2.24, 2.45) is 0 Å². The van der Waals surface area contributed by atoms with Crippen molar-refractivity contribution < 1.29 is 13.6 Å². The Hall–Kier alpha value is -2.47. The van der Waals surface area contributed by atoms with Crippen LogP contribution in [0.25, 0.3) is 10.9 Å². The van der Waals surface area contributed by atoms with Gasteiger partial charge in [-0.05, 0) is 43.3 Å². The van der Waals surface area contributed by atoms with Gasteiger partial charge < -0.3 is 5.32 Å². The third kappa shape index (κ3) is 3.71. The van der Waals surface area contributed by atoms with Gasteiger partial charge in [0.1, 0.15) is 0 Å². The molecule has 0 unspecified atom stereocenters. The molecular formula is C18H14F2N2OS. The number of halogens is 2. The minimum absolute atomic E-state index is 0.278. The van der Waals surface area contributed by atoms with E-state index in [0.717, 1.165) is 10.9 Å². The van der Waals surface area contributed by atoms with E-state index in [-0.39, 0.29) is 5.91 Å². The molecule has 0 spiro atoms. The van der Waals surface area contributed by atoms with Crippen LogP contribution in [0.15, 0.2) is 59.5 Å². The Bertz CT molecular complexity index is 882. The lowest BCUT2D eigenvalue weighted by molar-refractivity contribution is 0.102. The van der Waals surface area contributed by atoms with E-state index in [2.05, 4.69) is 10.3 Å². The van der Waals surface area contributed by atoms with Gasteiger partial charge in [0.25, 0.3) is 11.7 Å². The summed E-state index contributed by atoms with van der Waals surface area (Å²) >= 11 is 0.470. The lowest BCUT2D eigenvalue weighted by atomic mass is 10.1. The smallest absolute Gasteiger partial charge is 0.288 e. The number of rotatable bonds is 4. The zero-order valence-corrected chi connectivity index (χ0v) is 13.6. The van der Waals surface area contributed by atoms with E-state index < -0.39 is 5.76 Å². The molecule has 122 valence electrons. The number of hydrogen-bond acceptors (Lipinski definition) is 3. The number of para-hydroxylation sites is 1. The molecule has 0 aliphatic heterocycles. The summed E-state index contributed by atoms with van der Waals surface area (Å²) < 4.78 is 24.6. The Morgan fingerprint density at radius 3 is 2.54 bits per heavy atom. The van der Waals surface area contributed by atoms with Crippen molar-refractivity contribution in [1.29, 1.82) is 0 Å². The molecule has 0 radical (unpaired) electrons. The van der Waals surface area contributed by atoms with E-state index in [1.807, 2.05) is 24.3 Å². The average Bonchev–Trinajstić information content (AvgIpc) is 2.55. The maximum Gasteiger partial charge on any atom is 0.288 e. The fraction of sp³-hybridized carbons (Fsp3) is 0.111. The van der Waals surface area contributed by atoms with Crippen LogP contribution >= 0.6 is 11.8 Å². The standard InChI is InChI=1S/C18H14F2N2OS/c1-11-15(10-12-4-2-3-5-16(12)21-11)17(23)22-13-6-8-14(9-7-13)24-18(19)20/h2-10,18H,1H3,(H,22,23). The second-order valence-corrected chi connectivity index (χ2v) is 6.23. The first-order chi connectivity index (χ1) is 11.5. The van der Waals surface area contributed by atoms with Gasteiger partial charge in [0.15, 0.2) is 0 Å². The number of carbonyl (C=O) groups excluding carboxylic acids is 1. The molecule has 3 nitrogen and oxygen atoms in total. The number of anilines is 1. The number of aromatic nitrogens is 1. The number of nitrogens with one attached hydrogen (secondary N) is 1. The Balaban J connectivity index is 1.80. The van der Waals surface area contributed by atoms with Crippen LogP contribution in [-0.2, 0) is 0 Å². The highest BCUT2D eigenvalue weighted by atomic mass is 32.2. The predicted molar refractivity (Wildman–Crippen MR) is 92.7 cm³/mol. The van der Waals surface area contributed by atoms with Crippen LogP contribution in [-0.4, -0.2) is 16.6 Å². The minimum Gasteiger partial charge on any atom is -0.322 e. The van der Waals surface area contributed by atoms with E-state index in [9.17, 15) is 13.6 Å². The number of thioether (sulfide) groups is 1. The summed E-state index contributed by atoms with van der Waals surface area (Å²) in [4.78, 5) is 17.4. The van der Waals surface area contributed by atoms with E-state index in [1.54, 1.807) is 37.3 Å². The van der Waals surface area contributed by atoms with Crippen LogP contribution in [0.2, 0.25) is 0 Å². The zero-order chi connectivity index (χ0) is 17.1. The van der Waals surface area contributed by atoms with Gasteiger partial charge in [-0.3, -0.25) is 9.78 Å². The second kappa shape index (κ2) is 6.97. The Morgan fingerprint density at radius 2 is 1.83 bits per heavy atom. The molecule has 1 amide bonds. The van der Waals surface area contributed by atoms with Gasteiger partial charge in [0.05, 0.1) is 16.8 Å². The molecule has 3 rings (SSSR count). The van der Waals surface area contributed by atoms with Crippen molar-refractivity contribution in [3.05, 3.63) is 65.9 Å². The van der Waals surface area contributed by atoms with Gasteiger partial charge in [-0.25, -0.2) is 0 Å². The summed E-state index contributed by atoms with van der Waals surface area (Å²) in [6.45, 7) is 1.78. The molecule has 24 heavy (non-hydrogen) atoms. The Kier molecular flexibility index (Phi) is 4.76. The maximum atomic E-state index is 12.5. The van der Waals surface area contributed by atoms with Crippen LogP contribution < -0.4 is 5.32 Å². The fourth-order valence-electron chi connectivity index (χ4n) is 2.36. The van der Waals surface area contributed by atoms with Crippen LogP contribution in [0, 0.1) is 6.92 Å². The van der Waals surface area contributed by atoms with Crippen LogP contribution in [0.4, 0.5) is 14.5 Å². The average molecular weight is 344 g/mol. The summed E-state index contributed by atoms with van der Waals surface area (Å²) in [6, 6.07) is 15.7. The molecule has 0 saturated heterocycles. The van der Waals surface area contributed by atoms with Crippen LogP contribution in [0.1, 0.15) is 16.1 Å². The molecule has 2 aromatic carbocycles. The van der Waals surface area contributed by atoms with E-state index in [0.29, 0.717) is 33.6 Å². The van der Waals surface area contributed by atoms with Gasteiger partial charge in [-0.1, -0.05) is 30.0 Å². The molecule has 0 bridgehead atoms. The summed E-state index contributed by atoms with van der Waals surface area (Å²) in [5, 5.41) is 3.65. The number of alkyl halides is 2. The van der Waals surface area contributed by atoms with E-state index in [1.165, 1.54) is 0 Å². The molecule has 1 heterocycles. The zero-order valence-electron chi connectivity index (χ0n) is 12.8. The van der Waals surface area contributed by atoms with Gasteiger partial charge in [0, 0.05) is 16.0 Å². The number of pyridine rings is 1. The summed E-state index contributed by atoms with van der Waals surface area (Å²) in [5.74, 6) is -2.74. The largest absolute Gasteiger partial charge is 0.322 e. The molecule has 0 saturated carbocycles. The van der Waals surface area contributed by atoms with Crippen molar-refractivity contribution >= 4 is 34.3 Å².